The Hall–Kier alpha value is -0.0900. The predicted molar refractivity (Wildman–Crippen MR) is 68.7 cm³/mol. The second-order valence-electron chi connectivity index (χ2n) is 5.20. The van der Waals surface area contributed by atoms with Crippen LogP contribution in [0.25, 0.3) is 0 Å². The third-order valence-electron chi connectivity index (χ3n) is 4.05. The van der Waals surface area contributed by atoms with Gasteiger partial charge >= 0.3 is 0 Å². The van der Waals surface area contributed by atoms with Crippen molar-refractivity contribution in [1.29, 1.82) is 0 Å². The number of piperidine rings is 2. The van der Waals surface area contributed by atoms with Gasteiger partial charge in [-0.2, -0.15) is 0 Å². The van der Waals surface area contributed by atoms with Crippen molar-refractivity contribution in [2.45, 2.75) is 62.0 Å². The van der Waals surface area contributed by atoms with Gasteiger partial charge in [0.15, 0.2) is 0 Å². The van der Waals surface area contributed by atoms with Crippen LogP contribution in [0.4, 0.5) is 0 Å². The SMILES string of the molecule is CC(Br)C(=O)NC1CC2CCCC(C1)N2C. The van der Waals surface area contributed by atoms with Crippen LogP contribution in [0.1, 0.15) is 39.0 Å². The van der Waals surface area contributed by atoms with Crippen LogP contribution in [-0.2, 0) is 4.79 Å². The van der Waals surface area contributed by atoms with Crippen LogP contribution < -0.4 is 5.32 Å². The minimum atomic E-state index is -0.0769. The highest BCUT2D eigenvalue weighted by Gasteiger charge is 2.36. The molecule has 2 aliphatic heterocycles. The fraction of sp³-hybridized carbons (Fsp3) is 0.917. The standard InChI is InChI=1S/C12H21BrN2O/c1-8(13)12(16)14-9-6-10-4-3-5-11(7-9)15(10)2/h8-11H,3-7H2,1-2H3,(H,14,16). The molecule has 92 valence electrons. The quantitative estimate of drug-likeness (QED) is 0.788. The molecule has 0 aromatic rings. The number of rotatable bonds is 2. The molecule has 3 unspecified atom stereocenters. The lowest BCUT2D eigenvalue weighted by atomic mass is 9.82. The molecule has 0 aliphatic carbocycles. The molecule has 2 heterocycles. The van der Waals surface area contributed by atoms with Crippen LogP contribution in [0.3, 0.4) is 0 Å². The second-order valence-corrected chi connectivity index (χ2v) is 6.57. The van der Waals surface area contributed by atoms with Gasteiger partial charge in [0.2, 0.25) is 5.91 Å². The molecule has 16 heavy (non-hydrogen) atoms. The van der Waals surface area contributed by atoms with Crippen molar-refractivity contribution in [2.24, 2.45) is 0 Å². The first kappa shape index (κ1) is 12.4. The molecule has 1 N–H and O–H groups in total. The fourth-order valence-corrected chi connectivity index (χ4v) is 3.18. The molecule has 0 radical (unpaired) electrons. The summed E-state index contributed by atoms with van der Waals surface area (Å²) in [5.74, 6) is 0.132. The van der Waals surface area contributed by atoms with Gasteiger partial charge in [-0.25, -0.2) is 0 Å². The minimum absolute atomic E-state index is 0.0769. The molecular formula is C12H21BrN2O. The van der Waals surface area contributed by atoms with Crippen LogP contribution in [0.15, 0.2) is 0 Å². The van der Waals surface area contributed by atoms with Crippen molar-refractivity contribution in [3.63, 3.8) is 0 Å². The lowest BCUT2D eigenvalue weighted by molar-refractivity contribution is -0.121. The average molecular weight is 289 g/mol. The van der Waals surface area contributed by atoms with Gasteiger partial charge in [-0.05, 0) is 39.7 Å². The first-order chi connectivity index (χ1) is 7.58. The van der Waals surface area contributed by atoms with E-state index in [1.807, 2.05) is 6.92 Å². The zero-order valence-corrected chi connectivity index (χ0v) is 11.7. The fourth-order valence-electron chi connectivity index (χ4n) is 3.05. The summed E-state index contributed by atoms with van der Waals surface area (Å²) in [4.78, 5) is 14.1. The number of hydrogen-bond donors (Lipinski definition) is 1. The molecular weight excluding hydrogens is 268 g/mol. The number of carbonyl (C=O) groups excluding carboxylic acids is 1. The predicted octanol–water partition coefficient (Wildman–Crippen LogP) is 1.90. The van der Waals surface area contributed by atoms with Gasteiger partial charge in [-0.15, -0.1) is 0 Å². The first-order valence-corrected chi connectivity index (χ1v) is 7.16. The summed E-state index contributed by atoms with van der Waals surface area (Å²) in [7, 11) is 2.24. The molecule has 2 fully saturated rings. The van der Waals surface area contributed by atoms with E-state index in [0.29, 0.717) is 18.1 Å². The highest BCUT2D eigenvalue weighted by molar-refractivity contribution is 9.10. The van der Waals surface area contributed by atoms with Crippen LogP contribution in [0, 0.1) is 0 Å². The average Bonchev–Trinajstić information content (AvgIpc) is 2.19. The summed E-state index contributed by atoms with van der Waals surface area (Å²) in [5.41, 5.74) is 0. The number of fused-ring (bicyclic) bond motifs is 2. The Bertz CT molecular complexity index is 256. The summed E-state index contributed by atoms with van der Waals surface area (Å²) in [5, 5.41) is 3.15. The van der Waals surface area contributed by atoms with E-state index in [9.17, 15) is 4.79 Å². The topological polar surface area (TPSA) is 32.3 Å². The van der Waals surface area contributed by atoms with E-state index in [4.69, 9.17) is 0 Å². The number of amides is 1. The maximum atomic E-state index is 11.6. The van der Waals surface area contributed by atoms with Gasteiger partial charge in [-0.3, -0.25) is 4.79 Å². The Balaban J connectivity index is 1.92. The Morgan fingerprint density at radius 1 is 1.38 bits per heavy atom. The lowest BCUT2D eigenvalue weighted by Crippen LogP contribution is -2.55. The zero-order valence-electron chi connectivity index (χ0n) is 10.1. The maximum Gasteiger partial charge on any atom is 0.233 e. The van der Waals surface area contributed by atoms with E-state index >= 15 is 0 Å². The van der Waals surface area contributed by atoms with Gasteiger partial charge in [0.1, 0.15) is 0 Å². The first-order valence-electron chi connectivity index (χ1n) is 6.24. The molecule has 2 saturated heterocycles. The number of hydrogen-bond acceptors (Lipinski definition) is 2. The summed E-state index contributed by atoms with van der Waals surface area (Å²) in [6.45, 7) is 1.88. The third-order valence-corrected chi connectivity index (χ3v) is 4.46. The van der Waals surface area contributed by atoms with Crippen LogP contribution in [0.5, 0.6) is 0 Å². The highest BCUT2D eigenvalue weighted by atomic mass is 79.9. The smallest absolute Gasteiger partial charge is 0.233 e. The summed E-state index contributed by atoms with van der Waals surface area (Å²) in [6, 6.07) is 1.76. The van der Waals surface area contributed by atoms with Gasteiger partial charge < -0.3 is 10.2 Å². The van der Waals surface area contributed by atoms with Gasteiger partial charge in [-0.1, -0.05) is 22.4 Å². The van der Waals surface area contributed by atoms with Crippen molar-refractivity contribution in [1.82, 2.24) is 10.2 Å². The summed E-state index contributed by atoms with van der Waals surface area (Å²) in [6.07, 6.45) is 6.19. The zero-order chi connectivity index (χ0) is 11.7. The van der Waals surface area contributed by atoms with Crippen molar-refractivity contribution >= 4 is 21.8 Å². The summed E-state index contributed by atoms with van der Waals surface area (Å²) < 4.78 is 0. The van der Waals surface area contributed by atoms with Crippen molar-refractivity contribution in [2.75, 3.05) is 7.05 Å². The van der Waals surface area contributed by atoms with Gasteiger partial charge in [0.05, 0.1) is 4.83 Å². The van der Waals surface area contributed by atoms with Crippen molar-refractivity contribution in [3.8, 4) is 0 Å². The number of carbonyl (C=O) groups is 1. The molecule has 2 bridgehead atoms. The molecule has 2 aliphatic rings. The minimum Gasteiger partial charge on any atom is -0.352 e. The Morgan fingerprint density at radius 2 is 1.94 bits per heavy atom. The number of alkyl halides is 1. The van der Waals surface area contributed by atoms with Gasteiger partial charge in [0, 0.05) is 18.1 Å². The Kier molecular flexibility index (Phi) is 3.90. The molecule has 0 aromatic carbocycles. The lowest BCUT2D eigenvalue weighted by Gasteiger charge is -2.47. The Morgan fingerprint density at radius 3 is 2.44 bits per heavy atom. The summed E-state index contributed by atoms with van der Waals surface area (Å²) >= 11 is 3.32. The molecule has 0 saturated carbocycles. The van der Waals surface area contributed by atoms with Crippen molar-refractivity contribution in [3.05, 3.63) is 0 Å². The monoisotopic (exact) mass is 288 g/mol. The normalized spacial score (nSPS) is 36.8. The molecule has 3 atom stereocenters. The molecule has 0 aromatic heterocycles. The van der Waals surface area contributed by atoms with Gasteiger partial charge in [0.25, 0.3) is 0 Å². The van der Waals surface area contributed by atoms with Crippen molar-refractivity contribution < 1.29 is 4.79 Å². The number of nitrogens with zero attached hydrogens (tertiary/aromatic N) is 1. The number of nitrogens with one attached hydrogen (secondary N) is 1. The highest BCUT2D eigenvalue weighted by Crippen LogP contribution is 2.32. The van der Waals surface area contributed by atoms with E-state index in [0.717, 1.165) is 12.8 Å². The molecule has 3 nitrogen and oxygen atoms in total. The third kappa shape index (κ3) is 2.59. The van der Waals surface area contributed by atoms with E-state index in [2.05, 4.69) is 33.2 Å². The molecule has 4 heteroatoms. The number of halogens is 1. The molecule has 2 rings (SSSR count). The van der Waals surface area contributed by atoms with Crippen LogP contribution in [0.2, 0.25) is 0 Å². The van der Waals surface area contributed by atoms with E-state index < -0.39 is 0 Å². The van der Waals surface area contributed by atoms with E-state index in [1.165, 1.54) is 19.3 Å². The van der Waals surface area contributed by atoms with E-state index in [1.54, 1.807) is 0 Å². The van der Waals surface area contributed by atoms with Crippen LogP contribution >= 0.6 is 15.9 Å². The van der Waals surface area contributed by atoms with Crippen LogP contribution in [-0.4, -0.2) is 40.8 Å². The second kappa shape index (κ2) is 5.05. The Labute approximate surface area is 106 Å². The molecule has 0 spiro atoms. The largest absolute Gasteiger partial charge is 0.352 e. The maximum absolute atomic E-state index is 11.6. The molecule has 1 amide bonds. The van der Waals surface area contributed by atoms with E-state index in [-0.39, 0.29) is 10.7 Å².